The summed E-state index contributed by atoms with van der Waals surface area (Å²) in [4.78, 5) is 14.8. The standard InChI is InChI=1S/C18H15NO3S3/c20-17-16(10-13-6-3-5-12-4-1-2-7-15(12)13)24-18(23)19(17)14-8-9-25(21,22)11-14/h1-7,10,14H,8-9,11H2. The summed E-state index contributed by atoms with van der Waals surface area (Å²) in [6, 6.07) is 13.6. The predicted molar refractivity (Wildman–Crippen MR) is 106 cm³/mol. The van der Waals surface area contributed by atoms with E-state index in [2.05, 4.69) is 0 Å². The maximum Gasteiger partial charge on any atom is 0.266 e. The number of hydrogen-bond acceptors (Lipinski definition) is 5. The summed E-state index contributed by atoms with van der Waals surface area (Å²) >= 11 is 6.60. The Hall–Kier alpha value is -1.70. The monoisotopic (exact) mass is 389 g/mol. The summed E-state index contributed by atoms with van der Waals surface area (Å²) in [7, 11) is -3.07. The van der Waals surface area contributed by atoms with E-state index < -0.39 is 9.84 Å². The Kier molecular flexibility index (Phi) is 4.17. The molecule has 0 aromatic heterocycles. The summed E-state index contributed by atoms with van der Waals surface area (Å²) < 4.78 is 23.9. The first-order valence-electron chi connectivity index (χ1n) is 7.90. The van der Waals surface area contributed by atoms with Gasteiger partial charge < -0.3 is 0 Å². The number of sulfone groups is 1. The van der Waals surface area contributed by atoms with Gasteiger partial charge in [-0.25, -0.2) is 8.42 Å². The second-order valence-electron chi connectivity index (χ2n) is 6.18. The molecule has 2 heterocycles. The van der Waals surface area contributed by atoms with Crippen molar-refractivity contribution in [3.8, 4) is 0 Å². The van der Waals surface area contributed by atoms with Crippen molar-refractivity contribution in [3.63, 3.8) is 0 Å². The Balaban J connectivity index is 1.69. The van der Waals surface area contributed by atoms with E-state index in [4.69, 9.17) is 12.2 Å². The first-order chi connectivity index (χ1) is 11.9. The Morgan fingerprint density at radius 3 is 2.68 bits per heavy atom. The summed E-state index contributed by atoms with van der Waals surface area (Å²) in [5, 5.41) is 2.17. The van der Waals surface area contributed by atoms with Gasteiger partial charge in [0, 0.05) is 0 Å². The fraction of sp³-hybridized carbons (Fsp3) is 0.222. The van der Waals surface area contributed by atoms with E-state index in [1.807, 2.05) is 48.5 Å². The van der Waals surface area contributed by atoms with Crippen molar-refractivity contribution in [2.24, 2.45) is 0 Å². The molecule has 2 aliphatic heterocycles. The number of carbonyl (C=O) groups is 1. The largest absolute Gasteiger partial charge is 0.289 e. The molecule has 128 valence electrons. The summed E-state index contributed by atoms with van der Waals surface area (Å²) in [6.45, 7) is 0. The van der Waals surface area contributed by atoms with Gasteiger partial charge in [-0.2, -0.15) is 0 Å². The van der Waals surface area contributed by atoms with Crippen LogP contribution in [0.5, 0.6) is 0 Å². The van der Waals surface area contributed by atoms with Crippen molar-refractivity contribution in [1.82, 2.24) is 4.90 Å². The molecule has 2 saturated heterocycles. The van der Waals surface area contributed by atoms with E-state index in [-0.39, 0.29) is 23.5 Å². The van der Waals surface area contributed by atoms with Crippen molar-refractivity contribution in [2.45, 2.75) is 12.5 Å². The molecule has 0 N–H and O–H groups in total. The van der Waals surface area contributed by atoms with Gasteiger partial charge in [0.1, 0.15) is 4.32 Å². The lowest BCUT2D eigenvalue weighted by molar-refractivity contribution is -0.123. The SMILES string of the molecule is O=C1C(=Cc2cccc3ccccc23)SC(=S)N1C1CCS(=O)(=O)C1. The molecule has 1 unspecified atom stereocenters. The van der Waals surface area contributed by atoms with Crippen LogP contribution in [0.25, 0.3) is 16.8 Å². The van der Waals surface area contributed by atoms with Crippen LogP contribution in [0.3, 0.4) is 0 Å². The van der Waals surface area contributed by atoms with Crippen LogP contribution < -0.4 is 0 Å². The number of thiocarbonyl (C=S) groups is 1. The Labute approximate surface area is 155 Å². The molecule has 4 nitrogen and oxygen atoms in total. The second-order valence-corrected chi connectivity index (χ2v) is 10.1. The third-order valence-corrected chi connectivity index (χ3v) is 7.59. The minimum atomic E-state index is -3.07. The topological polar surface area (TPSA) is 54.5 Å². The number of carbonyl (C=O) groups excluding carboxylic acids is 1. The van der Waals surface area contributed by atoms with E-state index >= 15 is 0 Å². The minimum Gasteiger partial charge on any atom is -0.289 e. The van der Waals surface area contributed by atoms with Gasteiger partial charge in [0.25, 0.3) is 5.91 Å². The summed E-state index contributed by atoms with van der Waals surface area (Å²) in [6.07, 6.45) is 2.31. The molecule has 4 rings (SSSR count). The number of nitrogens with zero attached hydrogens (tertiary/aromatic N) is 1. The van der Waals surface area contributed by atoms with Gasteiger partial charge in [-0.15, -0.1) is 0 Å². The predicted octanol–water partition coefficient (Wildman–Crippen LogP) is 3.23. The van der Waals surface area contributed by atoms with Gasteiger partial charge in [0.05, 0.1) is 22.5 Å². The molecule has 1 atom stereocenters. The van der Waals surface area contributed by atoms with Crippen molar-refractivity contribution < 1.29 is 13.2 Å². The van der Waals surface area contributed by atoms with Gasteiger partial charge in [-0.05, 0) is 28.8 Å². The van der Waals surface area contributed by atoms with E-state index in [0.717, 1.165) is 16.3 Å². The number of thioether (sulfide) groups is 1. The highest BCUT2D eigenvalue weighted by Gasteiger charge is 2.42. The number of hydrogen-bond donors (Lipinski definition) is 0. The van der Waals surface area contributed by atoms with Crippen LogP contribution in [0.4, 0.5) is 0 Å². The molecular weight excluding hydrogens is 374 g/mol. The lowest BCUT2D eigenvalue weighted by Crippen LogP contribution is -2.39. The van der Waals surface area contributed by atoms with Crippen molar-refractivity contribution in [2.75, 3.05) is 11.5 Å². The fourth-order valence-corrected chi connectivity index (χ4v) is 6.38. The molecule has 2 aromatic rings. The summed E-state index contributed by atoms with van der Waals surface area (Å²) in [5.41, 5.74) is 0.956. The van der Waals surface area contributed by atoms with Gasteiger partial charge >= 0.3 is 0 Å². The average molecular weight is 390 g/mol. The Morgan fingerprint density at radius 2 is 1.92 bits per heavy atom. The normalized spacial score (nSPS) is 24.6. The number of rotatable bonds is 2. The number of benzene rings is 2. The maximum atomic E-state index is 12.8. The summed E-state index contributed by atoms with van der Waals surface area (Å²) in [5.74, 6) is -0.0667. The van der Waals surface area contributed by atoms with E-state index in [9.17, 15) is 13.2 Å². The van der Waals surface area contributed by atoms with Crippen LogP contribution in [0.2, 0.25) is 0 Å². The number of fused-ring (bicyclic) bond motifs is 1. The minimum absolute atomic E-state index is 0.000980. The van der Waals surface area contributed by atoms with Crippen LogP contribution in [0.1, 0.15) is 12.0 Å². The molecule has 2 aliphatic rings. The third kappa shape index (κ3) is 3.12. The van der Waals surface area contributed by atoms with Crippen molar-refractivity contribution in [3.05, 3.63) is 52.9 Å². The molecule has 0 aliphatic carbocycles. The van der Waals surface area contributed by atoms with Gasteiger partial charge in [-0.3, -0.25) is 9.69 Å². The molecular formula is C18H15NO3S3. The fourth-order valence-electron chi connectivity index (χ4n) is 3.29. The maximum absolute atomic E-state index is 12.8. The van der Waals surface area contributed by atoms with Gasteiger partial charge in [0.2, 0.25) is 0 Å². The van der Waals surface area contributed by atoms with E-state index in [1.165, 1.54) is 16.7 Å². The molecule has 0 saturated carbocycles. The third-order valence-electron chi connectivity index (χ3n) is 4.51. The van der Waals surface area contributed by atoms with Crippen LogP contribution in [-0.4, -0.2) is 41.1 Å². The molecule has 0 radical (unpaired) electrons. The second kappa shape index (κ2) is 6.23. The highest BCUT2D eigenvalue weighted by Crippen LogP contribution is 2.37. The van der Waals surface area contributed by atoms with Crippen LogP contribution in [0, 0.1) is 0 Å². The molecule has 25 heavy (non-hydrogen) atoms. The molecule has 2 fully saturated rings. The average Bonchev–Trinajstić information content (AvgIpc) is 3.07. The lowest BCUT2D eigenvalue weighted by Gasteiger charge is -2.20. The Morgan fingerprint density at radius 1 is 1.16 bits per heavy atom. The first-order valence-corrected chi connectivity index (χ1v) is 10.9. The highest BCUT2D eigenvalue weighted by atomic mass is 32.2. The van der Waals surface area contributed by atoms with Crippen molar-refractivity contribution in [1.29, 1.82) is 0 Å². The molecule has 7 heteroatoms. The van der Waals surface area contributed by atoms with Gasteiger partial charge in [-0.1, -0.05) is 66.4 Å². The van der Waals surface area contributed by atoms with E-state index in [0.29, 0.717) is 15.6 Å². The smallest absolute Gasteiger partial charge is 0.266 e. The van der Waals surface area contributed by atoms with Gasteiger partial charge in [0.15, 0.2) is 9.84 Å². The molecule has 1 amide bonds. The molecule has 0 bridgehead atoms. The number of amides is 1. The van der Waals surface area contributed by atoms with Crippen molar-refractivity contribution >= 4 is 60.9 Å². The highest BCUT2D eigenvalue weighted by molar-refractivity contribution is 8.26. The molecule has 2 aromatic carbocycles. The van der Waals surface area contributed by atoms with Crippen LogP contribution in [0.15, 0.2) is 47.4 Å². The first kappa shape index (κ1) is 16.8. The zero-order valence-corrected chi connectivity index (χ0v) is 15.7. The lowest BCUT2D eigenvalue weighted by atomic mass is 10.0. The molecule has 0 spiro atoms. The van der Waals surface area contributed by atoms with Crippen LogP contribution >= 0.6 is 24.0 Å². The Bertz CT molecular complexity index is 1020. The zero-order valence-electron chi connectivity index (χ0n) is 13.2. The van der Waals surface area contributed by atoms with Crippen LogP contribution in [-0.2, 0) is 14.6 Å². The van der Waals surface area contributed by atoms with E-state index in [1.54, 1.807) is 0 Å². The zero-order chi connectivity index (χ0) is 17.6. The quantitative estimate of drug-likeness (QED) is 0.583.